The van der Waals surface area contributed by atoms with E-state index in [1.807, 2.05) is 13.8 Å². The van der Waals surface area contributed by atoms with Gasteiger partial charge in [0.05, 0.1) is 25.0 Å². The van der Waals surface area contributed by atoms with E-state index in [1.165, 1.54) is 19.4 Å². The number of unbranched alkanes of at least 4 members (excludes halogenated alkanes) is 1. The lowest BCUT2D eigenvalue weighted by molar-refractivity contribution is -0.142. The van der Waals surface area contributed by atoms with Gasteiger partial charge in [-0.15, -0.1) is 0 Å². The molecule has 0 aliphatic carbocycles. The fourth-order valence-corrected chi connectivity index (χ4v) is 7.30. The molecule has 73 heavy (non-hydrogen) atoms. The van der Waals surface area contributed by atoms with Crippen molar-refractivity contribution in [1.29, 1.82) is 0 Å². The van der Waals surface area contributed by atoms with Gasteiger partial charge < -0.3 is 80.7 Å². The number of aliphatic hydroxyl groups is 1. The summed E-state index contributed by atoms with van der Waals surface area (Å²) in [6, 6.07) is -10.2. The monoisotopic (exact) mass is 1040 g/mol. The van der Waals surface area contributed by atoms with E-state index >= 15 is 0 Å². The fourth-order valence-electron chi connectivity index (χ4n) is 7.30. The highest BCUT2D eigenvalue weighted by molar-refractivity contribution is 5.98. The first-order valence-corrected chi connectivity index (χ1v) is 24.9. The van der Waals surface area contributed by atoms with Gasteiger partial charge in [0.25, 0.3) is 0 Å². The molecule has 0 saturated heterocycles. The molecule has 8 amide bonds. The molecular weight excluding hydrogens is 951 g/mol. The maximum Gasteiger partial charge on any atom is 0.326 e. The van der Waals surface area contributed by atoms with Crippen LogP contribution in [0.15, 0.2) is 17.5 Å². The molecule has 19 N–H and O–H groups in total. The third-order valence-corrected chi connectivity index (χ3v) is 11.3. The number of carboxylic acids is 1. The number of hydrogen-bond acceptors (Lipinski definition) is 14. The molecule has 0 saturated carbocycles. The van der Waals surface area contributed by atoms with Gasteiger partial charge in [0, 0.05) is 24.9 Å². The molecule has 9 atom stereocenters. The molecule has 1 aromatic heterocycles. The van der Waals surface area contributed by atoms with Crippen molar-refractivity contribution in [2.75, 3.05) is 19.6 Å². The fraction of sp³-hybridized carbons (Fsp3) is 0.723. The van der Waals surface area contributed by atoms with Gasteiger partial charge in [-0.05, 0) is 88.5 Å². The Morgan fingerprint density at radius 3 is 1.59 bits per heavy atom. The van der Waals surface area contributed by atoms with Crippen LogP contribution in [0.4, 0.5) is 0 Å². The summed E-state index contributed by atoms with van der Waals surface area (Å²) in [6.07, 6.45) is 2.52. The first kappa shape index (κ1) is 64.6. The number of guanidine groups is 1. The Balaban J connectivity index is 3.46. The Bertz CT molecular complexity index is 1960. The zero-order valence-electron chi connectivity index (χ0n) is 43.9. The number of carboxylic acid groups (broad SMARTS) is 1. The first-order valence-electron chi connectivity index (χ1n) is 24.9. The summed E-state index contributed by atoms with van der Waals surface area (Å²) in [5, 5.41) is 40.9. The van der Waals surface area contributed by atoms with E-state index in [9.17, 15) is 53.4 Å². The number of nitrogens with one attached hydrogen (secondary N) is 9. The molecule has 1 heterocycles. The molecule has 0 radical (unpaired) electrons. The molecule has 0 unspecified atom stereocenters. The molecule has 0 bridgehead atoms. The number of carbonyl (C=O) groups excluding carboxylic acids is 8. The number of aliphatic hydroxyl groups excluding tert-OH is 1. The van der Waals surface area contributed by atoms with Crippen molar-refractivity contribution in [3.05, 3.63) is 18.2 Å². The molecule has 1 aromatic rings. The van der Waals surface area contributed by atoms with Crippen LogP contribution in [0.25, 0.3) is 0 Å². The SMILES string of the molecule is CC(C)C[C@H](NC(=O)CNC(=O)[C@H](CC(C)C)NC(=O)[C@@H](NC(=O)[C@H](CCCN=C(N)N)NC(=O)[C@H](CCCCN)NC(=O)[C@H](CC(C)C)NC(=O)[C@H](Cc1cnc[nH]1)NC(=O)[C@@H](N)C(C)C)[C@@H](C)O)C(=O)O. The van der Waals surface area contributed by atoms with Crippen molar-refractivity contribution < 1.29 is 53.4 Å². The lowest BCUT2D eigenvalue weighted by atomic mass is 10.00. The third kappa shape index (κ3) is 25.7. The Morgan fingerprint density at radius 1 is 0.616 bits per heavy atom. The quantitative estimate of drug-likeness (QED) is 0.0186. The number of nitrogens with two attached hydrogens (primary N) is 4. The topological polar surface area (TPSA) is 435 Å². The van der Waals surface area contributed by atoms with Crippen LogP contribution in [0.1, 0.15) is 119 Å². The smallest absolute Gasteiger partial charge is 0.326 e. The summed E-state index contributed by atoms with van der Waals surface area (Å²) in [7, 11) is 0. The summed E-state index contributed by atoms with van der Waals surface area (Å²) in [4.78, 5) is 132. The molecule has 0 spiro atoms. The second kappa shape index (κ2) is 33.3. The van der Waals surface area contributed by atoms with Crippen molar-refractivity contribution in [3.63, 3.8) is 0 Å². The number of aliphatic imine (C=N–C) groups is 1. The minimum Gasteiger partial charge on any atom is -0.480 e. The molecule has 0 aliphatic heterocycles. The van der Waals surface area contributed by atoms with Crippen molar-refractivity contribution >= 4 is 59.2 Å². The highest BCUT2D eigenvalue weighted by Gasteiger charge is 2.36. The number of imidazole rings is 1. The average molecular weight is 1040 g/mol. The van der Waals surface area contributed by atoms with Crippen LogP contribution >= 0.6 is 0 Å². The van der Waals surface area contributed by atoms with Gasteiger partial charge in [-0.2, -0.15) is 0 Å². The zero-order chi connectivity index (χ0) is 55.5. The van der Waals surface area contributed by atoms with Crippen LogP contribution in [-0.2, 0) is 49.6 Å². The van der Waals surface area contributed by atoms with Crippen LogP contribution < -0.4 is 65.5 Å². The summed E-state index contributed by atoms with van der Waals surface area (Å²) in [6.45, 7) is 15.2. The van der Waals surface area contributed by atoms with E-state index in [4.69, 9.17) is 22.9 Å². The third-order valence-electron chi connectivity index (χ3n) is 11.3. The minimum absolute atomic E-state index is 0.0165. The number of amides is 8. The Labute approximate surface area is 428 Å². The predicted molar refractivity (Wildman–Crippen MR) is 272 cm³/mol. The molecule has 0 fully saturated rings. The zero-order valence-corrected chi connectivity index (χ0v) is 43.9. The van der Waals surface area contributed by atoms with E-state index in [-0.39, 0.29) is 87.7 Å². The predicted octanol–water partition coefficient (Wildman–Crippen LogP) is -2.77. The number of aromatic nitrogens is 2. The van der Waals surface area contributed by atoms with E-state index in [1.54, 1.807) is 41.5 Å². The maximum absolute atomic E-state index is 14.3. The van der Waals surface area contributed by atoms with Crippen LogP contribution in [-0.4, -0.2) is 153 Å². The number of H-pyrrole nitrogens is 1. The number of rotatable bonds is 35. The summed E-state index contributed by atoms with van der Waals surface area (Å²) in [5.74, 6) is -8.44. The number of aliphatic carboxylic acids is 1. The van der Waals surface area contributed by atoms with Crippen molar-refractivity contribution in [3.8, 4) is 0 Å². The molecule has 26 nitrogen and oxygen atoms in total. The van der Waals surface area contributed by atoms with Gasteiger partial charge >= 0.3 is 5.97 Å². The number of nitrogens with zero attached hydrogens (tertiary/aromatic N) is 2. The summed E-state index contributed by atoms with van der Waals surface area (Å²) >= 11 is 0. The summed E-state index contributed by atoms with van der Waals surface area (Å²) < 4.78 is 0. The van der Waals surface area contributed by atoms with Gasteiger partial charge in [0.2, 0.25) is 47.3 Å². The number of hydrogen-bond donors (Lipinski definition) is 15. The average Bonchev–Trinajstić information content (AvgIpc) is 3.81. The minimum atomic E-state index is -1.69. The van der Waals surface area contributed by atoms with Gasteiger partial charge in [-0.1, -0.05) is 55.4 Å². The molecule has 1 rings (SSSR count). The lowest BCUT2D eigenvalue weighted by Crippen LogP contribution is -2.61. The second-order valence-corrected chi connectivity index (χ2v) is 19.9. The second-order valence-electron chi connectivity index (χ2n) is 19.9. The summed E-state index contributed by atoms with van der Waals surface area (Å²) in [5.41, 5.74) is 23.4. The Morgan fingerprint density at radius 2 is 1.10 bits per heavy atom. The molecule has 0 aliphatic rings. The van der Waals surface area contributed by atoms with Crippen molar-refractivity contribution in [2.45, 2.75) is 175 Å². The van der Waals surface area contributed by atoms with Gasteiger partial charge in [0.1, 0.15) is 42.3 Å². The van der Waals surface area contributed by atoms with E-state index in [2.05, 4.69) is 57.5 Å². The Hall–Kier alpha value is -6.41. The highest BCUT2D eigenvalue weighted by atomic mass is 16.4. The van der Waals surface area contributed by atoms with E-state index < -0.39 is 114 Å². The molecular formula is C47H85N15O11. The van der Waals surface area contributed by atoms with Crippen LogP contribution in [0.3, 0.4) is 0 Å². The van der Waals surface area contributed by atoms with Crippen LogP contribution in [0.2, 0.25) is 0 Å². The van der Waals surface area contributed by atoms with Gasteiger partial charge in [-0.25, -0.2) is 9.78 Å². The number of aromatic amines is 1. The van der Waals surface area contributed by atoms with Gasteiger partial charge in [-0.3, -0.25) is 43.3 Å². The van der Waals surface area contributed by atoms with Crippen LogP contribution in [0, 0.1) is 23.7 Å². The maximum atomic E-state index is 14.3. The highest BCUT2D eigenvalue weighted by Crippen LogP contribution is 2.12. The number of carbonyl (C=O) groups is 9. The standard InChI is InChI=1S/C47H85N15O11/c1-24(2)17-32(39(65)54-22-36(64)56-35(46(72)73)19-26(5)6)61-45(71)38(28(9)63)62-41(67)31(14-12-16-53-47(50)51)57-40(66)30(13-10-11-15-48)58-42(68)33(18-25(3)4)59-43(69)34(20-29-21-52-23-55-29)60-44(70)37(49)27(7)8/h21,23-28,30-35,37-38,63H,10-20,22,48-49H2,1-9H3,(H,52,55)(H,54,65)(H,56,64)(H,57,66)(H,58,68)(H,59,69)(H,60,70)(H,61,71)(H,62,67)(H,72,73)(H4,50,51,53)/t28-,30+,31+,32+,33+,34+,35+,37+,38+/m1/s1. The van der Waals surface area contributed by atoms with E-state index in [0.717, 1.165) is 0 Å². The van der Waals surface area contributed by atoms with E-state index in [0.29, 0.717) is 18.5 Å². The molecule has 26 heteroatoms. The molecule has 0 aromatic carbocycles. The molecule has 414 valence electrons. The first-order chi connectivity index (χ1) is 34.2. The Kier molecular flexibility index (Phi) is 29.5. The van der Waals surface area contributed by atoms with Crippen molar-refractivity contribution in [1.82, 2.24) is 52.5 Å². The lowest BCUT2D eigenvalue weighted by Gasteiger charge is -2.29. The van der Waals surface area contributed by atoms with Gasteiger partial charge in [0.15, 0.2) is 5.96 Å². The largest absolute Gasteiger partial charge is 0.480 e. The van der Waals surface area contributed by atoms with Crippen LogP contribution in [0.5, 0.6) is 0 Å². The normalized spacial score (nSPS) is 15.1. The van der Waals surface area contributed by atoms with Crippen molar-refractivity contribution in [2.24, 2.45) is 51.6 Å².